The minimum atomic E-state index is -0.000332. The summed E-state index contributed by atoms with van der Waals surface area (Å²) >= 11 is 0. The molecule has 3 atom stereocenters. The zero-order valence-corrected chi connectivity index (χ0v) is 12.5. The summed E-state index contributed by atoms with van der Waals surface area (Å²) in [5.74, 6) is 0.288. The number of rotatable bonds is 8. The van der Waals surface area contributed by atoms with E-state index in [4.69, 9.17) is 0 Å². The smallest absolute Gasteiger partial charge is 0.240 e. The van der Waals surface area contributed by atoms with Crippen LogP contribution in [0.15, 0.2) is 0 Å². The fraction of sp³-hybridized carbons (Fsp3) is 0.933. The largest absolute Gasteiger partial charge is 0.323 e. The van der Waals surface area contributed by atoms with Gasteiger partial charge in [0, 0.05) is 6.04 Å². The number of unbranched alkanes of at least 4 members (excludes halogenated alkanes) is 3. The summed E-state index contributed by atoms with van der Waals surface area (Å²) in [6.45, 7) is 8.59. The number of nitrogens with zero attached hydrogens (tertiary/aromatic N) is 1. The first-order valence-corrected chi connectivity index (χ1v) is 7.70. The van der Waals surface area contributed by atoms with Crippen molar-refractivity contribution in [1.29, 1.82) is 0 Å². The van der Waals surface area contributed by atoms with E-state index in [0.717, 1.165) is 19.3 Å². The van der Waals surface area contributed by atoms with Crippen LogP contribution < -0.4 is 5.32 Å². The predicted molar refractivity (Wildman–Crippen MR) is 76.4 cm³/mol. The molecule has 0 aromatic heterocycles. The van der Waals surface area contributed by atoms with Crippen LogP contribution >= 0.6 is 0 Å². The van der Waals surface area contributed by atoms with Crippen molar-refractivity contribution in [3.8, 4) is 0 Å². The fourth-order valence-electron chi connectivity index (χ4n) is 2.84. The molecule has 0 bridgehead atoms. The van der Waals surface area contributed by atoms with Crippen molar-refractivity contribution in [3.05, 3.63) is 0 Å². The Labute approximate surface area is 112 Å². The first-order valence-electron chi connectivity index (χ1n) is 7.70. The number of hydrogen-bond acceptors (Lipinski definition) is 2. The molecule has 3 heteroatoms. The second-order valence-electron chi connectivity index (χ2n) is 5.64. The molecule has 106 valence electrons. The zero-order chi connectivity index (χ0) is 13.5. The topological polar surface area (TPSA) is 32.3 Å². The molecule has 1 saturated heterocycles. The van der Waals surface area contributed by atoms with E-state index in [2.05, 4.69) is 31.0 Å². The van der Waals surface area contributed by atoms with Crippen molar-refractivity contribution < 1.29 is 4.79 Å². The highest BCUT2D eigenvalue weighted by molar-refractivity contribution is 5.84. The maximum absolute atomic E-state index is 12.2. The Bertz CT molecular complexity index is 255. The first-order chi connectivity index (χ1) is 8.61. The van der Waals surface area contributed by atoms with Crippen LogP contribution in [0.4, 0.5) is 0 Å². The van der Waals surface area contributed by atoms with Gasteiger partial charge in [0.15, 0.2) is 0 Å². The van der Waals surface area contributed by atoms with Gasteiger partial charge in [-0.15, -0.1) is 0 Å². The molecular weight excluding hydrogens is 224 g/mol. The molecule has 0 saturated carbocycles. The van der Waals surface area contributed by atoms with E-state index in [1.54, 1.807) is 0 Å². The second kappa shape index (κ2) is 7.78. The third-order valence-electron chi connectivity index (χ3n) is 3.92. The second-order valence-corrected chi connectivity index (χ2v) is 5.64. The summed E-state index contributed by atoms with van der Waals surface area (Å²) in [6.07, 6.45) is 8.71. The van der Waals surface area contributed by atoms with Gasteiger partial charge >= 0.3 is 0 Å². The Hall–Kier alpha value is -0.570. The first kappa shape index (κ1) is 15.5. The van der Waals surface area contributed by atoms with E-state index in [9.17, 15) is 4.79 Å². The fourth-order valence-corrected chi connectivity index (χ4v) is 2.84. The molecule has 0 aromatic rings. The third-order valence-corrected chi connectivity index (χ3v) is 3.92. The average Bonchev–Trinajstić information content (AvgIpc) is 2.61. The highest BCUT2D eigenvalue weighted by Gasteiger charge is 2.37. The van der Waals surface area contributed by atoms with Crippen LogP contribution in [0.5, 0.6) is 0 Å². The quantitative estimate of drug-likeness (QED) is 0.674. The van der Waals surface area contributed by atoms with Gasteiger partial charge in [-0.25, -0.2) is 0 Å². The van der Waals surface area contributed by atoms with Crippen molar-refractivity contribution in [3.63, 3.8) is 0 Å². The van der Waals surface area contributed by atoms with Gasteiger partial charge < -0.3 is 4.90 Å². The number of carbonyl (C=O) groups excluding carboxylic acids is 1. The predicted octanol–water partition coefficient (Wildman–Crippen LogP) is 3.29. The van der Waals surface area contributed by atoms with Crippen LogP contribution in [0, 0.1) is 0 Å². The van der Waals surface area contributed by atoms with Crippen LogP contribution in [0.25, 0.3) is 0 Å². The average molecular weight is 254 g/mol. The highest BCUT2D eigenvalue weighted by atomic mass is 16.2. The number of hydrogen-bond donors (Lipinski definition) is 1. The maximum Gasteiger partial charge on any atom is 0.240 e. The van der Waals surface area contributed by atoms with Crippen LogP contribution in [-0.2, 0) is 4.79 Å². The summed E-state index contributed by atoms with van der Waals surface area (Å²) in [4.78, 5) is 14.3. The summed E-state index contributed by atoms with van der Waals surface area (Å²) in [7, 11) is 0. The Balaban J connectivity index is 2.46. The van der Waals surface area contributed by atoms with E-state index in [1.807, 2.05) is 6.92 Å². The van der Waals surface area contributed by atoms with Crippen molar-refractivity contribution in [2.45, 2.75) is 90.9 Å². The van der Waals surface area contributed by atoms with Crippen molar-refractivity contribution in [1.82, 2.24) is 10.2 Å². The lowest BCUT2D eigenvalue weighted by Crippen LogP contribution is -2.43. The van der Waals surface area contributed by atoms with Gasteiger partial charge in [-0.3, -0.25) is 10.1 Å². The SMILES string of the molecule is CCCCCCC(C)N1C(=O)C(C)NC1CCC. The van der Waals surface area contributed by atoms with Crippen molar-refractivity contribution in [2.75, 3.05) is 0 Å². The van der Waals surface area contributed by atoms with E-state index in [1.165, 1.54) is 25.7 Å². The Morgan fingerprint density at radius 2 is 1.94 bits per heavy atom. The zero-order valence-electron chi connectivity index (χ0n) is 12.5. The lowest BCUT2D eigenvalue weighted by molar-refractivity contribution is -0.131. The van der Waals surface area contributed by atoms with E-state index in [-0.39, 0.29) is 18.1 Å². The molecule has 3 nitrogen and oxygen atoms in total. The molecule has 18 heavy (non-hydrogen) atoms. The van der Waals surface area contributed by atoms with Crippen LogP contribution in [0.3, 0.4) is 0 Å². The Morgan fingerprint density at radius 1 is 1.22 bits per heavy atom. The van der Waals surface area contributed by atoms with Gasteiger partial charge in [-0.2, -0.15) is 0 Å². The third kappa shape index (κ3) is 3.98. The van der Waals surface area contributed by atoms with E-state index < -0.39 is 0 Å². The maximum atomic E-state index is 12.2. The molecule has 0 aromatic carbocycles. The van der Waals surface area contributed by atoms with Crippen LogP contribution in [0.1, 0.15) is 72.6 Å². The van der Waals surface area contributed by atoms with Crippen LogP contribution in [-0.4, -0.2) is 29.1 Å². The minimum Gasteiger partial charge on any atom is -0.323 e. The summed E-state index contributed by atoms with van der Waals surface area (Å²) in [5, 5.41) is 3.41. The molecule has 3 unspecified atom stereocenters. The molecule has 1 fully saturated rings. The van der Waals surface area contributed by atoms with Gasteiger partial charge in [0.2, 0.25) is 5.91 Å². The monoisotopic (exact) mass is 254 g/mol. The lowest BCUT2D eigenvalue weighted by atomic mass is 10.1. The van der Waals surface area contributed by atoms with Gasteiger partial charge in [-0.1, -0.05) is 46.0 Å². The standard InChI is InChI=1S/C15H30N2O/c1-5-7-8-9-11-12(3)17-14(10-6-2)16-13(4)15(17)18/h12-14,16H,5-11H2,1-4H3. The molecular formula is C15H30N2O. The highest BCUT2D eigenvalue weighted by Crippen LogP contribution is 2.21. The Kier molecular flexibility index (Phi) is 6.69. The molecule has 1 N–H and O–H groups in total. The van der Waals surface area contributed by atoms with Gasteiger partial charge in [-0.05, 0) is 26.7 Å². The number of amides is 1. The molecule has 0 radical (unpaired) electrons. The van der Waals surface area contributed by atoms with Gasteiger partial charge in [0.1, 0.15) is 0 Å². The number of carbonyl (C=O) groups is 1. The van der Waals surface area contributed by atoms with Gasteiger partial charge in [0.25, 0.3) is 0 Å². The summed E-state index contributed by atoms with van der Waals surface area (Å²) in [5.41, 5.74) is 0. The van der Waals surface area contributed by atoms with Crippen LogP contribution in [0.2, 0.25) is 0 Å². The van der Waals surface area contributed by atoms with E-state index >= 15 is 0 Å². The normalized spacial score (nSPS) is 25.8. The Morgan fingerprint density at radius 3 is 2.56 bits per heavy atom. The minimum absolute atomic E-state index is 0.000332. The molecule has 1 rings (SSSR count). The van der Waals surface area contributed by atoms with Crippen molar-refractivity contribution in [2.24, 2.45) is 0 Å². The lowest BCUT2D eigenvalue weighted by Gasteiger charge is -2.30. The molecule has 0 aliphatic carbocycles. The van der Waals surface area contributed by atoms with Crippen molar-refractivity contribution >= 4 is 5.91 Å². The molecule has 0 spiro atoms. The van der Waals surface area contributed by atoms with Gasteiger partial charge in [0.05, 0.1) is 12.2 Å². The van der Waals surface area contributed by atoms with E-state index in [0.29, 0.717) is 6.04 Å². The summed E-state index contributed by atoms with van der Waals surface area (Å²) < 4.78 is 0. The molecule has 1 amide bonds. The molecule has 1 heterocycles. The molecule has 1 aliphatic rings. The number of nitrogens with one attached hydrogen (secondary N) is 1. The molecule has 1 aliphatic heterocycles. The summed E-state index contributed by atoms with van der Waals surface area (Å²) in [6, 6.07) is 0.378.